The number of ether oxygens (including phenoxy) is 1. The molecule has 0 saturated carbocycles. The molecule has 0 saturated heterocycles. The number of aliphatic hydroxyl groups excluding tert-OH is 1. The van der Waals surface area contributed by atoms with Gasteiger partial charge in [-0.15, -0.1) is 0 Å². The van der Waals surface area contributed by atoms with Gasteiger partial charge in [-0.1, -0.05) is 23.9 Å². The molecule has 4 heteroatoms. The summed E-state index contributed by atoms with van der Waals surface area (Å²) in [6, 6.07) is 14.2. The minimum atomic E-state index is 0.0299. The van der Waals surface area contributed by atoms with Crippen molar-refractivity contribution in [2.45, 2.75) is 9.79 Å². The zero-order chi connectivity index (χ0) is 12.4. The summed E-state index contributed by atoms with van der Waals surface area (Å²) in [7, 11) is 0. The van der Waals surface area contributed by atoms with Gasteiger partial charge >= 0.3 is 0 Å². The third-order valence-electron chi connectivity index (χ3n) is 2.69. The maximum atomic E-state index is 8.75. The molecule has 1 aliphatic heterocycles. The predicted molar refractivity (Wildman–Crippen MR) is 72.9 cm³/mol. The Morgan fingerprint density at radius 3 is 2.78 bits per heavy atom. The third kappa shape index (κ3) is 2.17. The minimum Gasteiger partial charge on any atom is -0.491 e. The predicted octanol–water partition coefficient (Wildman–Crippen LogP) is 3.27. The maximum absolute atomic E-state index is 8.75. The number of hydrogen-bond donors (Lipinski definition) is 2. The van der Waals surface area contributed by atoms with Gasteiger partial charge in [0.25, 0.3) is 0 Å². The third-order valence-corrected chi connectivity index (χ3v) is 3.84. The van der Waals surface area contributed by atoms with Crippen LogP contribution in [-0.2, 0) is 0 Å². The van der Waals surface area contributed by atoms with Gasteiger partial charge in [-0.3, -0.25) is 0 Å². The zero-order valence-electron chi connectivity index (χ0n) is 9.72. The molecule has 2 aromatic carbocycles. The van der Waals surface area contributed by atoms with Gasteiger partial charge < -0.3 is 15.2 Å². The first-order valence-corrected chi connectivity index (χ1v) is 6.60. The van der Waals surface area contributed by atoms with Crippen molar-refractivity contribution >= 4 is 23.1 Å². The first kappa shape index (κ1) is 11.4. The van der Waals surface area contributed by atoms with Gasteiger partial charge in [0, 0.05) is 15.9 Å². The van der Waals surface area contributed by atoms with Crippen molar-refractivity contribution in [1.82, 2.24) is 0 Å². The summed E-state index contributed by atoms with van der Waals surface area (Å²) < 4.78 is 5.41. The number of para-hydroxylation sites is 1. The van der Waals surface area contributed by atoms with E-state index in [0.717, 1.165) is 17.1 Å². The number of anilines is 2. The van der Waals surface area contributed by atoms with Crippen molar-refractivity contribution in [3.8, 4) is 5.75 Å². The van der Waals surface area contributed by atoms with Crippen LogP contribution in [0, 0.1) is 0 Å². The second-order valence-electron chi connectivity index (χ2n) is 3.95. The van der Waals surface area contributed by atoms with Crippen molar-refractivity contribution in [1.29, 1.82) is 0 Å². The Kier molecular flexibility index (Phi) is 3.13. The average Bonchev–Trinajstić information content (AvgIpc) is 2.42. The normalized spacial score (nSPS) is 12.3. The van der Waals surface area contributed by atoms with Crippen LogP contribution in [0.15, 0.2) is 52.3 Å². The molecule has 2 aromatic rings. The van der Waals surface area contributed by atoms with E-state index in [-0.39, 0.29) is 6.61 Å². The van der Waals surface area contributed by atoms with E-state index >= 15 is 0 Å². The van der Waals surface area contributed by atoms with Gasteiger partial charge in [0.1, 0.15) is 12.4 Å². The molecule has 0 spiro atoms. The first-order chi connectivity index (χ1) is 8.86. The molecular formula is C14H13NO2S. The molecule has 0 bridgehead atoms. The van der Waals surface area contributed by atoms with Crippen LogP contribution in [-0.4, -0.2) is 18.3 Å². The fourth-order valence-electron chi connectivity index (χ4n) is 1.87. The van der Waals surface area contributed by atoms with Crippen LogP contribution in [0.3, 0.4) is 0 Å². The number of benzene rings is 2. The molecule has 92 valence electrons. The lowest BCUT2D eigenvalue weighted by Crippen LogP contribution is -2.03. The smallest absolute Gasteiger partial charge is 0.121 e. The van der Waals surface area contributed by atoms with Gasteiger partial charge in [-0.05, 0) is 24.3 Å². The van der Waals surface area contributed by atoms with Crippen LogP contribution in [0.5, 0.6) is 5.75 Å². The lowest BCUT2D eigenvalue weighted by molar-refractivity contribution is 0.201. The fourth-order valence-corrected chi connectivity index (χ4v) is 2.84. The molecule has 0 amide bonds. The summed E-state index contributed by atoms with van der Waals surface area (Å²) in [4.78, 5) is 2.42. The van der Waals surface area contributed by atoms with E-state index in [9.17, 15) is 0 Å². The van der Waals surface area contributed by atoms with Crippen LogP contribution in [0.1, 0.15) is 0 Å². The zero-order valence-corrected chi connectivity index (χ0v) is 10.5. The van der Waals surface area contributed by atoms with E-state index in [0.29, 0.717) is 6.61 Å². The molecule has 1 heterocycles. The lowest BCUT2D eigenvalue weighted by atomic mass is 10.2. The van der Waals surface area contributed by atoms with Gasteiger partial charge in [-0.2, -0.15) is 0 Å². The van der Waals surface area contributed by atoms with Crippen molar-refractivity contribution < 1.29 is 9.84 Å². The van der Waals surface area contributed by atoms with Crippen LogP contribution in [0.2, 0.25) is 0 Å². The molecule has 3 nitrogen and oxygen atoms in total. The van der Waals surface area contributed by atoms with E-state index in [1.54, 1.807) is 11.8 Å². The molecule has 0 fully saturated rings. The number of fused-ring (bicyclic) bond motifs is 2. The summed E-state index contributed by atoms with van der Waals surface area (Å²) in [5.41, 5.74) is 2.17. The van der Waals surface area contributed by atoms with Gasteiger partial charge in [0.05, 0.1) is 18.0 Å². The van der Waals surface area contributed by atoms with Crippen LogP contribution in [0.4, 0.5) is 11.4 Å². The summed E-state index contributed by atoms with van der Waals surface area (Å²) >= 11 is 1.75. The SMILES string of the molecule is OCCOc1ccc2c(c1)Nc1ccccc1S2. The van der Waals surface area contributed by atoms with Crippen LogP contribution >= 0.6 is 11.8 Å². The summed E-state index contributed by atoms with van der Waals surface area (Å²) in [6.45, 7) is 0.352. The van der Waals surface area contributed by atoms with Gasteiger partial charge in [0.15, 0.2) is 0 Å². The molecule has 3 rings (SSSR count). The highest BCUT2D eigenvalue weighted by atomic mass is 32.2. The molecule has 0 radical (unpaired) electrons. The monoisotopic (exact) mass is 259 g/mol. The topological polar surface area (TPSA) is 41.5 Å². The Morgan fingerprint density at radius 2 is 1.89 bits per heavy atom. The second-order valence-corrected chi connectivity index (χ2v) is 5.04. The molecule has 0 unspecified atom stereocenters. The van der Waals surface area contributed by atoms with Crippen molar-refractivity contribution in [3.63, 3.8) is 0 Å². The Bertz CT molecular complexity index is 571. The standard InChI is InChI=1S/C14H13NO2S/c16-7-8-17-10-5-6-14-12(9-10)15-11-3-1-2-4-13(11)18-14/h1-6,9,15-16H,7-8H2. The molecule has 1 aliphatic rings. The highest BCUT2D eigenvalue weighted by Crippen LogP contribution is 2.44. The maximum Gasteiger partial charge on any atom is 0.121 e. The molecular weight excluding hydrogens is 246 g/mol. The Morgan fingerprint density at radius 1 is 1.06 bits per heavy atom. The molecule has 2 N–H and O–H groups in total. The summed E-state index contributed by atoms with van der Waals surface area (Å²) in [5, 5.41) is 12.1. The van der Waals surface area contributed by atoms with E-state index < -0.39 is 0 Å². The van der Waals surface area contributed by atoms with Crippen LogP contribution < -0.4 is 10.1 Å². The minimum absolute atomic E-state index is 0.0299. The van der Waals surface area contributed by atoms with E-state index in [1.807, 2.05) is 30.3 Å². The molecule has 0 aliphatic carbocycles. The second kappa shape index (κ2) is 4.92. The molecule has 0 atom stereocenters. The van der Waals surface area contributed by atoms with E-state index in [4.69, 9.17) is 9.84 Å². The Labute approximate surface area is 110 Å². The van der Waals surface area contributed by atoms with Gasteiger partial charge in [-0.25, -0.2) is 0 Å². The molecule has 0 aromatic heterocycles. The number of hydrogen-bond acceptors (Lipinski definition) is 4. The highest BCUT2D eigenvalue weighted by Gasteiger charge is 2.15. The Hall–Kier alpha value is -1.65. The van der Waals surface area contributed by atoms with E-state index in [1.165, 1.54) is 9.79 Å². The largest absolute Gasteiger partial charge is 0.491 e. The van der Waals surface area contributed by atoms with Crippen molar-refractivity contribution in [2.75, 3.05) is 18.5 Å². The van der Waals surface area contributed by atoms with Crippen molar-refractivity contribution in [2.24, 2.45) is 0 Å². The first-order valence-electron chi connectivity index (χ1n) is 5.78. The van der Waals surface area contributed by atoms with Gasteiger partial charge in [0.2, 0.25) is 0 Å². The quantitative estimate of drug-likeness (QED) is 0.757. The highest BCUT2D eigenvalue weighted by molar-refractivity contribution is 7.99. The van der Waals surface area contributed by atoms with E-state index in [2.05, 4.69) is 17.4 Å². The number of aliphatic hydroxyl groups is 1. The Balaban J connectivity index is 1.89. The fraction of sp³-hybridized carbons (Fsp3) is 0.143. The summed E-state index contributed by atoms with van der Waals surface area (Å²) in [5.74, 6) is 0.773. The van der Waals surface area contributed by atoms with Crippen molar-refractivity contribution in [3.05, 3.63) is 42.5 Å². The number of nitrogens with one attached hydrogen (secondary N) is 1. The van der Waals surface area contributed by atoms with Crippen LogP contribution in [0.25, 0.3) is 0 Å². The lowest BCUT2D eigenvalue weighted by Gasteiger charge is -2.21. The average molecular weight is 259 g/mol. The summed E-state index contributed by atoms with van der Waals surface area (Å²) in [6.07, 6.45) is 0. The molecule has 18 heavy (non-hydrogen) atoms. The number of rotatable bonds is 3.